The van der Waals surface area contributed by atoms with E-state index in [1.165, 1.54) is 18.2 Å². The smallest absolute Gasteiger partial charge is 0.214 e. The first-order chi connectivity index (χ1) is 14.7. The van der Waals surface area contributed by atoms with E-state index >= 15 is 4.39 Å². The van der Waals surface area contributed by atoms with E-state index in [1.807, 2.05) is 22.6 Å². The summed E-state index contributed by atoms with van der Waals surface area (Å²) in [4.78, 5) is 3.78. The van der Waals surface area contributed by atoms with Gasteiger partial charge in [-0.05, 0) is 59.7 Å². The number of hydrogen-bond donors (Lipinski definition) is 4. The first kappa shape index (κ1) is 22.3. The summed E-state index contributed by atoms with van der Waals surface area (Å²) in [6, 6.07) is 5.52. The van der Waals surface area contributed by atoms with Crippen molar-refractivity contribution in [1.82, 2.24) is 9.71 Å². The summed E-state index contributed by atoms with van der Waals surface area (Å²) in [5.74, 6) is -1.56. The zero-order valence-electron chi connectivity index (χ0n) is 15.8. The van der Waals surface area contributed by atoms with Gasteiger partial charge in [-0.2, -0.15) is 0 Å². The molecular formula is C19H18F2IN3O5S. The molecule has 31 heavy (non-hydrogen) atoms. The summed E-state index contributed by atoms with van der Waals surface area (Å²) in [6.07, 6.45) is -1.22. The fraction of sp³-hybridized carbons (Fsp3) is 0.316. The molecule has 1 aliphatic rings. The zero-order chi connectivity index (χ0) is 22.3. The summed E-state index contributed by atoms with van der Waals surface area (Å²) in [5.41, 5.74) is -0.644. The van der Waals surface area contributed by atoms with Crippen LogP contribution in [0.15, 0.2) is 35.1 Å². The van der Waals surface area contributed by atoms with Crippen LogP contribution in [0.1, 0.15) is 24.5 Å². The third-order valence-corrected chi connectivity index (χ3v) is 7.52. The lowest BCUT2D eigenvalue weighted by atomic mass is 10.0. The van der Waals surface area contributed by atoms with Crippen molar-refractivity contribution in [2.75, 3.05) is 11.9 Å². The molecule has 3 aromatic rings. The number of rotatable bonds is 8. The molecule has 2 unspecified atom stereocenters. The predicted octanol–water partition coefficient (Wildman–Crippen LogP) is 2.93. The lowest BCUT2D eigenvalue weighted by Crippen LogP contribution is -2.37. The van der Waals surface area contributed by atoms with Gasteiger partial charge in [-0.3, -0.25) is 0 Å². The molecule has 0 aliphatic heterocycles. The van der Waals surface area contributed by atoms with Gasteiger partial charge >= 0.3 is 0 Å². The summed E-state index contributed by atoms with van der Waals surface area (Å²) in [6.45, 7) is -0.479. The van der Waals surface area contributed by atoms with E-state index in [9.17, 15) is 23.0 Å². The van der Waals surface area contributed by atoms with E-state index in [0.29, 0.717) is 16.4 Å². The average molecular weight is 565 g/mol. The molecule has 1 aromatic heterocycles. The lowest BCUT2D eigenvalue weighted by molar-refractivity contribution is 0.0225. The van der Waals surface area contributed by atoms with Crippen molar-refractivity contribution in [1.29, 1.82) is 0 Å². The Labute approximate surface area is 189 Å². The number of sulfonamides is 1. The Balaban J connectivity index is 1.67. The van der Waals surface area contributed by atoms with Crippen LogP contribution < -0.4 is 10.0 Å². The minimum atomic E-state index is -3.59. The molecule has 0 bridgehead atoms. The van der Waals surface area contributed by atoms with E-state index in [1.54, 1.807) is 6.07 Å². The Morgan fingerprint density at radius 3 is 2.68 bits per heavy atom. The fourth-order valence-corrected chi connectivity index (χ4v) is 4.93. The molecule has 2 atom stereocenters. The van der Waals surface area contributed by atoms with Gasteiger partial charge in [0.2, 0.25) is 10.0 Å². The quantitative estimate of drug-likeness (QED) is 0.310. The monoisotopic (exact) mass is 565 g/mol. The Morgan fingerprint density at radius 2 is 2.00 bits per heavy atom. The molecule has 0 radical (unpaired) electrons. The standard InChI is InChI=1S/C19H18F2IN3O5S/c20-12-5-9(22)1-4-13(12)25-17-11(6-15-18(16(17)21)23-8-30-15)19(27)14(26)7-24-31(28,29)10-2-3-10/h1,4-6,8,10,14,19,24-27H,2-3,7H2. The van der Waals surface area contributed by atoms with Gasteiger partial charge < -0.3 is 19.9 Å². The maximum Gasteiger partial charge on any atom is 0.214 e. The second-order valence-electron chi connectivity index (χ2n) is 7.21. The maximum atomic E-state index is 15.2. The molecule has 166 valence electrons. The van der Waals surface area contributed by atoms with Gasteiger partial charge in [-0.25, -0.2) is 26.9 Å². The number of nitrogens with one attached hydrogen (secondary N) is 2. The number of anilines is 2. The highest BCUT2D eigenvalue weighted by Crippen LogP contribution is 2.36. The van der Waals surface area contributed by atoms with E-state index < -0.39 is 45.7 Å². The summed E-state index contributed by atoms with van der Waals surface area (Å²) >= 11 is 1.93. The third-order valence-electron chi connectivity index (χ3n) is 4.93. The molecule has 8 nitrogen and oxygen atoms in total. The van der Waals surface area contributed by atoms with E-state index in [4.69, 9.17) is 4.42 Å². The molecule has 1 aliphatic carbocycles. The highest BCUT2D eigenvalue weighted by atomic mass is 127. The largest absolute Gasteiger partial charge is 0.443 e. The Kier molecular flexibility index (Phi) is 6.18. The first-order valence-corrected chi connectivity index (χ1v) is 11.9. The van der Waals surface area contributed by atoms with Crippen LogP contribution in [0.2, 0.25) is 0 Å². The number of nitrogens with zero attached hydrogens (tertiary/aromatic N) is 1. The summed E-state index contributed by atoms with van der Waals surface area (Å²) in [5, 5.41) is 23.2. The minimum Gasteiger partial charge on any atom is -0.443 e. The molecule has 1 heterocycles. The van der Waals surface area contributed by atoms with Crippen molar-refractivity contribution in [3.63, 3.8) is 0 Å². The van der Waals surface area contributed by atoms with Gasteiger partial charge in [0, 0.05) is 15.7 Å². The number of halogens is 3. The van der Waals surface area contributed by atoms with Crippen molar-refractivity contribution in [3.05, 3.63) is 51.4 Å². The molecule has 4 N–H and O–H groups in total. The van der Waals surface area contributed by atoms with E-state index in [-0.39, 0.29) is 28.0 Å². The molecule has 12 heteroatoms. The molecule has 1 fully saturated rings. The van der Waals surface area contributed by atoms with Crippen molar-refractivity contribution in [2.24, 2.45) is 0 Å². The lowest BCUT2D eigenvalue weighted by Gasteiger charge is -2.22. The second kappa shape index (κ2) is 8.58. The highest BCUT2D eigenvalue weighted by molar-refractivity contribution is 14.1. The number of aliphatic hydroxyl groups excluding tert-OH is 2. The van der Waals surface area contributed by atoms with Crippen LogP contribution in [0.5, 0.6) is 0 Å². The fourth-order valence-electron chi connectivity index (χ4n) is 3.08. The SMILES string of the molecule is O=S(=O)(NCC(O)C(O)c1cc2ocnc2c(F)c1Nc1ccc(I)cc1F)C1CC1. The summed E-state index contributed by atoms with van der Waals surface area (Å²) < 4.78 is 61.5. The molecule has 0 spiro atoms. The number of aliphatic hydroxyl groups is 2. The molecular weight excluding hydrogens is 547 g/mol. The van der Waals surface area contributed by atoms with Crippen LogP contribution in [0, 0.1) is 15.2 Å². The number of oxazole rings is 1. The van der Waals surface area contributed by atoms with Crippen molar-refractivity contribution < 1.29 is 31.8 Å². The van der Waals surface area contributed by atoms with Crippen LogP contribution in [0.4, 0.5) is 20.2 Å². The molecule has 4 rings (SSSR count). The van der Waals surface area contributed by atoms with Crippen molar-refractivity contribution >= 4 is 55.1 Å². The number of hydrogen-bond acceptors (Lipinski definition) is 7. The van der Waals surface area contributed by atoms with Gasteiger partial charge in [-0.15, -0.1) is 0 Å². The van der Waals surface area contributed by atoms with Gasteiger partial charge in [0.25, 0.3) is 0 Å². The highest BCUT2D eigenvalue weighted by Gasteiger charge is 2.36. The predicted molar refractivity (Wildman–Crippen MR) is 117 cm³/mol. The molecule has 0 saturated heterocycles. The Hall–Kier alpha value is -1.87. The van der Waals surface area contributed by atoms with Crippen LogP contribution in [0.25, 0.3) is 11.1 Å². The van der Waals surface area contributed by atoms with Gasteiger partial charge in [0.15, 0.2) is 17.8 Å². The molecule has 0 amide bonds. The number of benzene rings is 2. The normalized spacial score (nSPS) is 16.4. The number of fused-ring (bicyclic) bond motifs is 1. The minimum absolute atomic E-state index is 0.00550. The van der Waals surface area contributed by atoms with Gasteiger partial charge in [0.05, 0.1) is 22.7 Å². The van der Waals surface area contributed by atoms with Gasteiger partial charge in [0.1, 0.15) is 17.4 Å². The average Bonchev–Trinajstić information content (AvgIpc) is 3.48. The second-order valence-corrected chi connectivity index (χ2v) is 10.5. The molecule has 1 saturated carbocycles. The van der Waals surface area contributed by atoms with Crippen molar-refractivity contribution in [3.8, 4) is 0 Å². The van der Waals surface area contributed by atoms with Crippen LogP contribution in [0.3, 0.4) is 0 Å². The topological polar surface area (TPSA) is 125 Å². The third kappa shape index (κ3) is 4.67. The maximum absolute atomic E-state index is 15.2. The van der Waals surface area contributed by atoms with Crippen LogP contribution >= 0.6 is 22.6 Å². The van der Waals surface area contributed by atoms with Crippen molar-refractivity contribution in [2.45, 2.75) is 30.3 Å². The van der Waals surface area contributed by atoms with E-state index in [2.05, 4.69) is 15.0 Å². The Morgan fingerprint density at radius 1 is 1.26 bits per heavy atom. The molecule has 2 aromatic carbocycles. The summed E-state index contributed by atoms with van der Waals surface area (Å²) in [7, 11) is -3.59. The zero-order valence-corrected chi connectivity index (χ0v) is 18.8. The Bertz CT molecular complexity index is 1230. The van der Waals surface area contributed by atoms with E-state index in [0.717, 1.165) is 6.39 Å². The van der Waals surface area contributed by atoms with Crippen LogP contribution in [-0.4, -0.2) is 41.5 Å². The number of aromatic nitrogens is 1. The first-order valence-electron chi connectivity index (χ1n) is 9.29. The van der Waals surface area contributed by atoms with Crippen LogP contribution in [-0.2, 0) is 10.0 Å². The van der Waals surface area contributed by atoms with Gasteiger partial charge in [-0.1, -0.05) is 0 Å².